The SMILES string of the molecule is CCc1ccc(Nc2nc3cc(Oc4ccnc(CC(=O)C5CCCO5)c4)ccc3n2C)cc1. The van der Waals surface area contributed by atoms with E-state index in [0.717, 1.165) is 41.9 Å². The zero-order valence-electron chi connectivity index (χ0n) is 19.5. The van der Waals surface area contributed by atoms with E-state index in [9.17, 15) is 4.79 Å². The van der Waals surface area contributed by atoms with Crippen molar-refractivity contribution in [1.82, 2.24) is 14.5 Å². The first-order valence-corrected chi connectivity index (χ1v) is 11.7. The number of aryl methyl sites for hydroxylation is 2. The average molecular weight is 457 g/mol. The molecule has 0 radical (unpaired) electrons. The topological polar surface area (TPSA) is 78.3 Å². The van der Waals surface area contributed by atoms with Crippen LogP contribution in [0.25, 0.3) is 11.0 Å². The molecule has 0 saturated carbocycles. The van der Waals surface area contributed by atoms with Crippen molar-refractivity contribution in [2.24, 2.45) is 7.05 Å². The Morgan fingerprint density at radius 2 is 1.97 bits per heavy atom. The number of ether oxygens (including phenoxy) is 2. The number of imidazole rings is 1. The minimum atomic E-state index is -0.301. The summed E-state index contributed by atoms with van der Waals surface area (Å²) in [5.74, 6) is 2.14. The number of nitrogens with zero attached hydrogens (tertiary/aromatic N) is 3. The van der Waals surface area contributed by atoms with E-state index >= 15 is 0 Å². The highest BCUT2D eigenvalue weighted by atomic mass is 16.5. The van der Waals surface area contributed by atoms with Gasteiger partial charge in [-0.3, -0.25) is 9.78 Å². The van der Waals surface area contributed by atoms with Gasteiger partial charge in [0.25, 0.3) is 0 Å². The van der Waals surface area contributed by atoms with Gasteiger partial charge in [-0.15, -0.1) is 0 Å². The van der Waals surface area contributed by atoms with Crippen molar-refractivity contribution in [3.63, 3.8) is 0 Å². The van der Waals surface area contributed by atoms with Crippen LogP contribution in [0.15, 0.2) is 60.8 Å². The summed E-state index contributed by atoms with van der Waals surface area (Å²) in [5.41, 5.74) is 4.80. The number of hydrogen-bond donors (Lipinski definition) is 1. The molecule has 7 nitrogen and oxygen atoms in total. The second-order valence-corrected chi connectivity index (χ2v) is 8.55. The third-order valence-corrected chi connectivity index (χ3v) is 6.14. The van der Waals surface area contributed by atoms with Gasteiger partial charge >= 0.3 is 0 Å². The molecular weight excluding hydrogens is 428 g/mol. The van der Waals surface area contributed by atoms with Gasteiger partial charge in [0, 0.05) is 37.7 Å². The van der Waals surface area contributed by atoms with E-state index in [4.69, 9.17) is 14.5 Å². The molecular formula is C27H28N4O3. The van der Waals surface area contributed by atoms with Crippen molar-refractivity contribution in [2.75, 3.05) is 11.9 Å². The molecule has 174 valence electrons. The molecule has 3 heterocycles. The number of benzene rings is 2. The Morgan fingerprint density at radius 3 is 2.74 bits per heavy atom. The van der Waals surface area contributed by atoms with Crippen LogP contribution in [0, 0.1) is 0 Å². The van der Waals surface area contributed by atoms with E-state index in [1.54, 1.807) is 12.3 Å². The summed E-state index contributed by atoms with van der Waals surface area (Å²) >= 11 is 0. The van der Waals surface area contributed by atoms with Gasteiger partial charge in [-0.25, -0.2) is 4.98 Å². The Kier molecular flexibility index (Phi) is 6.27. The highest BCUT2D eigenvalue weighted by molar-refractivity contribution is 5.85. The highest BCUT2D eigenvalue weighted by Gasteiger charge is 2.23. The number of anilines is 2. The van der Waals surface area contributed by atoms with Gasteiger partial charge in [0.2, 0.25) is 5.95 Å². The van der Waals surface area contributed by atoms with Crippen LogP contribution in [0.5, 0.6) is 11.5 Å². The Bertz CT molecular complexity index is 1310. The zero-order valence-corrected chi connectivity index (χ0v) is 19.5. The van der Waals surface area contributed by atoms with Crippen molar-refractivity contribution in [3.8, 4) is 11.5 Å². The minimum absolute atomic E-state index is 0.0708. The summed E-state index contributed by atoms with van der Waals surface area (Å²) in [5, 5.41) is 3.39. The summed E-state index contributed by atoms with van der Waals surface area (Å²) in [4.78, 5) is 21.5. The second kappa shape index (κ2) is 9.65. The van der Waals surface area contributed by atoms with Crippen LogP contribution in [-0.2, 0) is 29.4 Å². The Morgan fingerprint density at radius 1 is 1.15 bits per heavy atom. The summed E-state index contributed by atoms with van der Waals surface area (Å²) in [6.07, 6.45) is 4.35. The molecule has 1 aliphatic heterocycles. The van der Waals surface area contributed by atoms with Crippen molar-refractivity contribution < 1.29 is 14.3 Å². The number of hydrogen-bond acceptors (Lipinski definition) is 6. The summed E-state index contributed by atoms with van der Waals surface area (Å²) in [6.45, 7) is 2.80. The van der Waals surface area contributed by atoms with Gasteiger partial charge in [0.05, 0.1) is 23.1 Å². The van der Waals surface area contributed by atoms with Crippen LogP contribution in [-0.4, -0.2) is 33.0 Å². The maximum Gasteiger partial charge on any atom is 0.208 e. The molecule has 1 unspecified atom stereocenters. The molecule has 7 heteroatoms. The lowest BCUT2D eigenvalue weighted by molar-refractivity contribution is -0.127. The number of Topliss-reactive ketones (excluding diaryl/α,β-unsaturated/α-hetero) is 1. The third kappa shape index (κ3) is 4.79. The fourth-order valence-corrected chi connectivity index (χ4v) is 4.18. The summed E-state index contributed by atoms with van der Waals surface area (Å²) in [6, 6.07) is 17.8. The molecule has 2 aromatic heterocycles. The number of fused-ring (bicyclic) bond motifs is 1. The van der Waals surface area contributed by atoms with E-state index in [2.05, 4.69) is 41.5 Å². The number of carbonyl (C=O) groups excluding carboxylic acids is 1. The molecule has 0 bridgehead atoms. The van der Waals surface area contributed by atoms with Gasteiger partial charge < -0.3 is 19.4 Å². The Labute approximate surface area is 198 Å². The number of nitrogens with one attached hydrogen (secondary N) is 1. The first kappa shape index (κ1) is 22.1. The maximum atomic E-state index is 12.4. The lowest BCUT2D eigenvalue weighted by Gasteiger charge is -2.09. The Balaban J connectivity index is 1.31. The van der Waals surface area contributed by atoms with E-state index in [-0.39, 0.29) is 18.3 Å². The smallest absolute Gasteiger partial charge is 0.208 e. The number of ketones is 1. The monoisotopic (exact) mass is 456 g/mol. The van der Waals surface area contributed by atoms with Crippen LogP contribution in [0.3, 0.4) is 0 Å². The predicted molar refractivity (Wildman–Crippen MR) is 132 cm³/mol. The number of carbonyl (C=O) groups is 1. The van der Waals surface area contributed by atoms with Gasteiger partial charge in [0.1, 0.15) is 17.6 Å². The third-order valence-electron chi connectivity index (χ3n) is 6.14. The first-order valence-electron chi connectivity index (χ1n) is 11.7. The van der Waals surface area contributed by atoms with Gasteiger partial charge in [0.15, 0.2) is 5.78 Å². The average Bonchev–Trinajstić information content (AvgIpc) is 3.49. The maximum absolute atomic E-state index is 12.4. The molecule has 0 amide bonds. The molecule has 1 aliphatic rings. The van der Waals surface area contributed by atoms with Crippen LogP contribution in [0.1, 0.15) is 31.0 Å². The molecule has 4 aromatic rings. The van der Waals surface area contributed by atoms with Crippen LogP contribution < -0.4 is 10.1 Å². The van der Waals surface area contributed by atoms with Gasteiger partial charge in [-0.1, -0.05) is 19.1 Å². The lowest BCUT2D eigenvalue weighted by atomic mass is 10.1. The summed E-state index contributed by atoms with van der Waals surface area (Å²) in [7, 11) is 1.98. The van der Waals surface area contributed by atoms with Crippen molar-refractivity contribution in [3.05, 3.63) is 72.1 Å². The number of aromatic nitrogens is 3. The van der Waals surface area contributed by atoms with Crippen molar-refractivity contribution in [2.45, 2.75) is 38.7 Å². The molecule has 0 aliphatic carbocycles. The van der Waals surface area contributed by atoms with E-state index in [1.165, 1.54) is 5.56 Å². The zero-order chi connectivity index (χ0) is 23.5. The molecule has 1 N–H and O–H groups in total. The quantitative estimate of drug-likeness (QED) is 0.385. The normalized spacial score (nSPS) is 15.5. The van der Waals surface area contributed by atoms with E-state index < -0.39 is 0 Å². The number of rotatable bonds is 8. The lowest BCUT2D eigenvalue weighted by Crippen LogP contribution is -2.21. The van der Waals surface area contributed by atoms with Crippen molar-refractivity contribution >= 4 is 28.5 Å². The Hall–Kier alpha value is -3.71. The highest BCUT2D eigenvalue weighted by Crippen LogP contribution is 2.28. The van der Waals surface area contributed by atoms with Gasteiger partial charge in [-0.05, 0) is 55.2 Å². The van der Waals surface area contributed by atoms with E-state index in [0.29, 0.717) is 23.8 Å². The predicted octanol–water partition coefficient (Wildman–Crippen LogP) is 5.36. The van der Waals surface area contributed by atoms with Crippen LogP contribution in [0.4, 0.5) is 11.6 Å². The molecule has 1 atom stereocenters. The first-order chi connectivity index (χ1) is 16.6. The summed E-state index contributed by atoms with van der Waals surface area (Å²) < 4.78 is 13.6. The van der Waals surface area contributed by atoms with Crippen molar-refractivity contribution in [1.29, 1.82) is 0 Å². The molecule has 0 spiro atoms. The molecule has 1 fully saturated rings. The van der Waals surface area contributed by atoms with Crippen LogP contribution in [0.2, 0.25) is 0 Å². The van der Waals surface area contributed by atoms with Crippen LogP contribution >= 0.6 is 0 Å². The minimum Gasteiger partial charge on any atom is -0.457 e. The molecule has 2 aromatic carbocycles. The standard InChI is InChI=1S/C27H28N4O3/c1-3-18-6-8-19(9-7-18)29-27-30-23-17-21(10-11-24(23)31(27)2)34-22-12-13-28-20(15-22)16-25(32)26-5-4-14-33-26/h6-13,15,17,26H,3-5,14,16H2,1-2H3,(H,29,30). The number of pyridine rings is 1. The van der Waals surface area contributed by atoms with E-state index in [1.807, 2.05) is 35.9 Å². The molecule has 34 heavy (non-hydrogen) atoms. The largest absolute Gasteiger partial charge is 0.457 e. The second-order valence-electron chi connectivity index (χ2n) is 8.55. The fraction of sp³-hybridized carbons (Fsp3) is 0.296. The van der Waals surface area contributed by atoms with Gasteiger partial charge in [-0.2, -0.15) is 0 Å². The molecule has 1 saturated heterocycles. The fourth-order valence-electron chi connectivity index (χ4n) is 4.18. The molecule has 5 rings (SSSR count).